The quantitative estimate of drug-likeness (QED) is 0.440. The fraction of sp³-hybridized carbons (Fsp3) is 0.136. The maximum Gasteiger partial charge on any atom is 0.236 e. The molecule has 7 heteroatoms. The van der Waals surface area contributed by atoms with E-state index in [2.05, 4.69) is 9.71 Å². The Hall–Kier alpha value is -2.83. The molecule has 1 heterocycles. The highest BCUT2D eigenvalue weighted by Crippen LogP contribution is 2.26. The number of nitrogens with zero attached hydrogens (tertiary/aromatic N) is 1. The van der Waals surface area contributed by atoms with E-state index in [4.69, 9.17) is 16.0 Å². The zero-order valence-corrected chi connectivity index (χ0v) is 17.1. The van der Waals surface area contributed by atoms with Crippen LogP contribution in [0.5, 0.6) is 0 Å². The average molecular weight is 427 g/mol. The van der Waals surface area contributed by atoms with E-state index < -0.39 is 10.0 Å². The maximum absolute atomic E-state index is 12.6. The summed E-state index contributed by atoms with van der Waals surface area (Å²) in [7, 11) is -3.58. The van der Waals surface area contributed by atoms with Crippen LogP contribution in [0.4, 0.5) is 5.69 Å². The minimum atomic E-state index is -3.58. The van der Waals surface area contributed by atoms with Gasteiger partial charge in [0.1, 0.15) is 5.52 Å². The van der Waals surface area contributed by atoms with Gasteiger partial charge in [-0.1, -0.05) is 60.1 Å². The number of halogens is 1. The van der Waals surface area contributed by atoms with Crippen molar-refractivity contribution in [1.29, 1.82) is 0 Å². The summed E-state index contributed by atoms with van der Waals surface area (Å²) in [6, 6.07) is 21.9. The second-order valence-electron chi connectivity index (χ2n) is 6.74. The van der Waals surface area contributed by atoms with Crippen molar-refractivity contribution in [3.05, 3.63) is 94.8 Å². The highest BCUT2D eigenvalue weighted by Gasteiger charge is 2.16. The van der Waals surface area contributed by atoms with Crippen molar-refractivity contribution < 1.29 is 12.8 Å². The Bertz CT molecular complexity index is 1240. The number of benzene rings is 3. The number of aromatic nitrogens is 1. The lowest BCUT2D eigenvalue weighted by atomic mass is 10.1. The van der Waals surface area contributed by atoms with E-state index in [1.165, 1.54) is 0 Å². The smallest absolute Gasteiger partial charge is 0.236 e. The van der Waals surface area contributed by atoms with Crippen molar-refractivity contribution in [2.24, 2.45) is 0 Å². The summed E-state index contributed by atoms with van der Waals surface area (Å²) in [5, 5.41) is 0.690. The van der Waals surface area contributed by atoms with E-state index in [-0.39, 0.29) is 5.75 Å². The molecular formula is C22H19ClN2O3S. The number of hydrogen-bond donors (Lipinski definition) is 1. The predicted molar refractivity (Wildman–Crippen MR) is 116 cm³/mol. The van der Waals surface area contributed by atoms with E-state index in [1.807, 2.05) is 42.5 Å². The van der Waals surface area contributed by atoms with Crippen molar-refractivity contribution in [2.75, 3.05) is 4.72 Å². The van der Waals surface area contributed by atoms with Crippen molar-refractivity contribution in [1.82, 2.24) is 4.98 Å². The zero-order chi connectivity index (χ0) is 20.3. The first kappa shape index (κ1) is 19.5. The van der Waals surface area contributed by atoms with Gasteiger partial charge < -0.3 is 4.42 Å². The Labute approximate surface area is 174 Å². The molecule has 0 spiro atoms. The van der Waals surface area contributed by atoms with Crippen LogP contribution in [-0.4, -0.2) is 13.4 Å². The number of aryl methyl sites for hydroxylation is 2. The van der Waals surface area contributed by atoms with E-state index in [0.717, 1.165) is 17.5 Å². The number of fused-ring (bicyclic) bond motifs is 1. The molecule has 0 fully saturated rings. The van der Waals surface area contributed by atoms with Crippen LogP contribution in [0.2, 0.25) is 5.02 Å². The molecule has 5 nitrogen and oxygen atoms in total. The molecule has 0 bridgehead atoms. The molecule has 0 aliphatic rings. The highest BCUT2D eigenvalue weighted by molar-refractivity contribution is 7.91. The number of sulfonamides is 1. The van der Waals surface area contributed by atoms with E-state index in [0.29, 0.717) is 34.1 Å². The van der Waals surface area contributed by atoms with Crippen LogP contribution in [0.3, 0.4) is 0 Å². The van der Waals surface area contributed by atoms with Crippen molar-refractivity contribution in [3.8, 4) is 0 Å². The predicted octanol–water partition coefficient (Wildman–Crippen LogP) is 5.21. The van der Waals surface area contributed by atoms with Crippen LogP contribution in [0.15, 0.2) is 77.2 Å². The minimum Gasteiger partial charge on any atom is -0.441 e. The fourth-order valence-corrected chi connectivity index (χ4v) is 4.54. The van der Waals surface area contributed by atoms with Crippen LogP contribution in [-0.2, 0) is 28.6 Å². The van der Waals surface area contributed by atoms with Crippen LogP contribution >= 0.6 is 11.6 Å². The van der Waals surface area contributed by atoms with Gasteiger partial charge in [0.25, 0.3) is 0 Å². The summed E-state index contributed by atoms with van der Waals surface area (Å²) < 4.78 is 33.6. The Kier molecular flexibility index (Phi) is 5.56. The van der Waals surface area contributed by atoms with E-state index in [1.54, 1.807) is 30.3 Å². The molecule has 29 heavy (non-hydrogen) atoms. The third-order valence-corrected chi connectivity index (χ3v) is 5.92. The summed E-state index contributed by atoms with van der Waals surface area (Å²) in [5.41, 5.74) is 3.27. The van der Waals surface area contributed by atoms with Gasteiger partial charge in [0.2, 0.25) is 10.0 Å². The fourth-order valence-electron chi connectivity index (χ4n) is 3.12. The van der Waals surface area contributed by atoms with Crippen LogP contribution in [0.1, 0.15) is 17.0 Å². The molecule has 0 radical (unpaired) electrons. The van der Waals surface area contributed by atoms with Gasteiger partial charge in [0.05, 0.1) is 11.4 Å². The lowest BCUT2D eigenvalue weighted by Gasteiger charge is -2.08. The van der Waals surface area contributed by atoms with Gasteiger partial charge >= 0.3 is 0 Å². The second kappa shape index (κ2) is 8.27. The highest BCUT2D eigenvalue weighted by atomic mass is 35.5. The molecule has 4 rings (SSSR count). The number of anilines is 1. The number of para-hydroxylation sites is 1. The number of rotatable bonds is 7. The van der Waals surface area contributed by atoms with Gasteiger partial charge in [-0.2, -0.15) is 0 Å². The molecule has 0 unspecified atom stereocenters. The summed E-state index contributed by atoms with van der Waals surface area (Å²) in [4.78, 5) is 4.51. The van der Waals surface area contributed by atoms with Gasteiger partial charge in [-0.3, -0.25) is 4.72 Å². The first-order valence-corrected chi connectivity index (χ1v) is 11.2. The third-order valence-electron chi connectivity index (χ3n) is 4.44. The topological polar surface area (TPSA) is 72.2 Å². The van der Waals surface area contributed by atoms with Crippen LogP contribution in [0.25, 0.3) is 11.1 Å². The molecule has 4 aromatic rings. The van der Waals surface area contributed by atoms with E-state index in [9.17, 15) is 8.42 Å². The van der Waals surface area contributed by atoms with Gasteiger partial charge in [-0.15, -0.1) is 0 Å². The van der Waals surface area contributed by atoms with E-state index >= 15 is 0 Å². The molecule has 0 aliphatic heterocycles. The molecular weight excluding hydrogens is 408 g/mol. The number of hydrogen-bond acceptors (Lipinski definition) is 4. The van der Waals surface area contributed by atoms with Gasteiger partial charge in [-0.25, -0.2) is 13.4 Å². The third kappa shape index (κ3) is 4.96. The standard InChI is InChI=1S/C22H19ClN2O3S/c23-18-9-4-8-16(14-18)12-13-21-24-22-19(10-5-11-20(22)28-21)25-29(26,27)15-17-6-2-1-3-7-17/h1-11,14,25H,12-13,15H2. The number of nitrogens with one attached hydrogen (secondary N) is 1. The molecule has 148 valence electrons. The molecule has 0 atom stereocenters. The van der Waals surface area contributed by atoms with Crippen LogP contribution < -0.4 is 4.72 Å². The Balaban J connectivity index is 1.53. The Morgan fingerprint density at radius 3 is 2.45 bits per heavy atom. The summed E-state index contributed by atoms with van der Waals surface area (Å²) in [6.07, 6.45) is 1.31. The summed E-state index contributed by atoms with van der Waals surface area (Å²) in [6.45, 7) is 0. The first-order valence-electron chi connectivity index (χ1n) is 9.16. The first-order chi connectivity index (χ1) is 14.0. The largest absolute Gasteiger partial charge is 0.441 e. The SMILES string of the molecule is O=S(=O)(Cc1ccccc1)Nc1cccc2oc(CCc3cccc(Cl)c3)nc12. The van der Waals surface area contributed by atoms with Crippen molar-refractivity contribution in [2.45, 2.75) is 18.6 Å². The molecule has 0 amide bonds. The second-order valence-corrected chi connectivity index (χ2v) is 8.90. The lowest BCUT2D eigenvalue weighted by Crippen LogP contribution is -2.15. The summed E-state index contributed by atoms with van der Waals surface area (Å²) in [5.74, 6) is 0.443. The minimum absolute atomic E-state index is 0.107. The summed E-state index contributed by atoms with van der Waals surface area (Å²) >= 11 is 6.03. The van der Waals surface area contributed by atoms with Gasteiger partial charge in [-0.05, 0) is 41.8 Å². The molecule has 0 aliphatic carbocycles. The monoisotopic (exact) mass is 426 g/mol. The molecule has 1 aromatic heterocycles. The Morgan fingerprint density at radius 2 is 1.66 bits per heavy atom. The van der Waals surface area contributed by atoms with Crippen molar-refractivity contribution in [3.63, 3.8) is 0 Å². The molecule has 0 saturated carbocycles. The molecule has 1 N–H and O–H groups in total. The van der Waals surface area contributed by atoms with Crippen molar-refractivity contribution >= 4 is 38.4 Å². The van der Waals surface area contributed by atoms with Gasteiger partial charge in [0, 0.05) is 11.4 Å². The van der Waals surface area contributed by atoms with Gasteiger partial charge in [0.15, 0.2) is 11.5 Å². The molecule has 0 saturated heterocycles. The Morgan fingerprint density at radius 1 is 0.897 bits per heavy atom. The van der Waals surface area contributed by atoms with Crippen LogP contribution in [0, 0.1) is 0 Å². The lowest BCUT2D eigenvalue weighted by molar-refractivity contribution is 0.528. The zero-order valence-electron chi connectivity index (χ0n) is 15.5. The molecule has 3 aromatic carbocycles. The normalized spacial score (nSPS) is 11.6. The average Bonchev–Trinajstić information content (AvgIpc) is 3.11. The maximum atomic E-state index is 12.6. The number of oxazole rings is 1.